The Kier molecular flexibility index (Phi) is 4.91. The fraction of sp³-hybridized carbons (Fsp3) is 0.261. The standard InChI is InChI=1S/C23H25I/c1-22(2,18-12-7-5-8-13-18)20-16-11-17-21(24-20)23(3,4)19-14-9-6-10-15-19/h5-17H,1-4H3. The normalized spacial score (nSPS) is 15.3. The molecule has 0 spiro atoms. The molecule has 0 fully saturated rings. The van der Waals surface area contributed by atoms with E-state index in [-0.39, 0.29) is 31.6 Å². The summed E-state index contributed by atoms with van der Waals surface area (Å²) < 4.78 is 3.18. The average Bonchev–Trinajstić information content (AvgIpc) is 2.63. The summed E-state index contributed by atoms with van der Waals surface area (Å²) in [6.07, 6.45) is 6.96. The van der Waals surface area contributed by atoms with Crippen LogP contribution in [0.5, 0.6) is 0 Å². The summed E-state index contributed by atoms with van der Waals surface area (Å²) >= 11 is -0.157. The highest BCUT2D eigenvalue weighted by atomic mass is 127. The third-order valence-corrected chi connectivity index (χ3v) is 9.45. The smallest absolute Gasteiger partial charge is 0.0200 e. The lowest BCUT2D eigenvalue weighted by Crippen LogP contribution is -2.28. The van der Waals surface area contributed by atoms with E-state index < -0.39 is 0 Å². The molecule has 1 heteroatoms. The van der Waals surface area contributed by atoms with Gasteiger partial charge in [0, 0.05) is 10.8 Å². The van der Waals surface area contributed by atoms with Crippen LogP contribution >= 0.6 is 20.7 Å². The van der Waals surface area contributed by atoms with Gasteiger partial charge in [-0.15, -0.1) is 0 Å². The predicted molar refractivity (Wildman–Crippen MR) is 115 cm³/mol. The Morgan fingerprint density at radius 1 is 0.667 bits per heavy atom. The lowest BCUT2D eigenvalue weighted by Gasteiger charge is -2.32. The van der Waals surface area contributed by atoms with Crippen LogP contribution in [0.25, 0.3) is 0 Å². The number of halogens is 1. The molecular formula is C23H25I. The molecule has 3 rings (SSSR count). The van der Waals surface area contributed by atoms with Crippen molar-refractivity contribution in [3.05, 3.63) is 93.6 Å². The van der Waals surface area contributed by atoms with Gasteiger partial charge in [-0.3, -0.25) is 0 Å². The summed E-state index contributed by atoms with van der Waals surface area (Å²) in [5, 5.41) is 0. The molecule has 1 aliphatic rings. The van der Waals surface area contributed by atoms with E-state index in [1.54, 1.807) is 7.09 Å². The Labute approximate surface area is 156 Å². The topological polar surface area (TPSA) is 0 Å². The van der Waals surface area contributed by atoms with E-state index in [9.17, 15) is 0 Å². The van der Waals surface area contributed by atoms with Crippen LogP contribution in [0, 0.1) is 0 Å². The maximum atomic E-state index is 2.36. The van der Waals surface area contributed by atoms with Gasteiger partial charge in [-0.1, -0.05) is 127 Å². The van der Waals surface area contributed by atoms with Gasteiger partial charge in [-0.2, -0.15) is 0 Å². The first-order valence-corrected chi connectivity index (χ1v) is 10.6. The van der Waals surface area contributed by atoms with E-state index in [4.69, 9.17) is 0 Å². The first kappa shape index (κ1) is 17.3. The van der Waals surface area contributed by atoms with E-state index in [1.165, 1.54) is 11.1 Å². The van der Waals surface area contributed by atoms with Crippen LogP contribution < -0.4 is 0 Å². The van der Waals surface area contributed by atoms with E-state index in [2.05, 4.69) is 107 Å². The zero-order valence-electron chi connectivity index (χ0n) is 14.9. The van der Waals surface area contributed by atoms with Crippen molar-refractivity contribution in [2.24, 2.45) is 0 Å². The molecule has 0 N–H and O–H groups in total. The molecule has 0 amide bonds. The zero-order chi connectivity index (χ0) is 17.2. The molecule has 124 valence electrons. The molecule has 0 radical (unpaired) electrons. The third-order valence-electron chi connectivity index (χ3n) is 4.87. The highest BCUT2D eigenvalue weighted by Gasteiger charge is 2.30. The van der Waals surface area contributed by atoms with Crippen LogP contribution in [0.15, 0.2) is 82.5 Å². The molecule has 0 saturated carbocycles. The molecule has 0 aromatic heterocycles. The largest absolute Gasteiger partial charge is 0.0847 e. The number of rotatable bonds is 4. The van der Waals surface area contributed by atoms with Gasteiger partial charge in [0.1, 0.15) is 0 Å². The van der Waals surface area contributed by atoms with Crippen LogP contribution in [-0.4, -0.2) is 3.51 Å². The molecule has 0 saturated heterocycles. The Hall–Kier alpha value is -1.48. The lowest BCUT2D eigenvalue weighted by molar-refractivity contribution is 0.664. The third kappa shape index (κ3) is 3.32. The minimum Gasteiger partial charge on any atom is -0.0847 e. The SMILES string of the molecule is CC(C)(C1=CC=CC(C(C)(C)c2ccccc2)=I1)c1ccccc1. The monoisotopic (exact) mass is 428 g/mol. The minimum absolute atomic E-state index is 0.0946. The zero-order valence-corrected chi connectivity index (χ0v) is 17.0. The highest BCUT2D eigenvalue weighted by molar-refractivity contribution is 14.2. The van der Waals surface area contributed by atoms with Crippen molar-refractivity contribution in [2.75, 3.05) is 0 Å². The Bertz CT molecular complexity index is 738. The first-order valence-electron chi connectivity index (χ1n) is 8.44. The maximum Gasteiger partial charge on any atom is 0.0200 e. The first-order chi connectivity index (χ1) is 11.4. The summed E-state index contributed by atoms with van der Waals surface area (Å²) in [5.74, 6) is 0. The van der Waals surface area contributed by atoms with Crippen LogP contribution in [-0.2, 0) is 10.8 Å². The Morgan fingerprint density at radius 2 is 1.17 bits per heavy atom. The van der Waals surface area contributed by atoms with Gasteiger partial charge in [0.25, 0.3) is 0 Å². The summed E-state index contributed by atoms with van der Waals surface area (Å²) in [5.41, 5.74) is 3.00. The van der Waals surface area contributed by atoms with E-state index in [1.807, 2.05) is 0 Å². The van der Waals surface area contributed by atoms with Gasteiger partial charge in [0.15, 0.2) is 0 Å². The highest BCUT2D eigenvalue weighted by Crippen LogP contribution is 2.43. The van der Waals surface area contributed by atoms with Gasteiger partial charge in [0.05, 0.1) is 0 Å². The van der Waals surface area contributed by atoms with Crippen LogP contribution in [0.1, 0.15) is 38.8 Å². The Balaban J connectivity index is 1.99. The molecule has 1 aliphatic heterocycles. The fourth-order valence-corrected chi connectivity index (χ4v) is 6.40. The van der Waals surface area contributed by atoms with Crippen molar-refractivity contribution in [1.29, 1.82) is 0 Å². The van der Waals surface area contributed by atoms with Gasteiger partial charge in [0.2, 0.25) is 0 Å². The van der Waals surface area contributed by atoms with E-state index in [0.29, 0.717) is 0 Å². The van der Waals surface area contributed by atoms with Gasteiger partial charge < -0.3 is 0 Å². The molecule has 24 heavy (non-hydrogen) atoms. The van der Waals surface area contributed by atoms with E-state index >= 15 is 0 Å². The lowest BCUT2D eigenvalue weighted by atomic mass is 9.81. The van der Waals surface area contributed by atoms with Crippen molar-refractivity contribution < 1.29 is 0 Å². The minimum atomic E-state index is -0.157. The van der Waals surface area contributed by atoms with Crippen LogP contribution in [0.2, 0.25) is 0 Å². The second-order valence-electron chi connectivity index (χ2n) is 7.30. The number of hydrogen-bond acceptors (Lipinski definition) is 0. The molecular weight excluding hydrogens is 403 g/mol. The molecule has 0 aliphatic carbocycles. The molecule has 2 aromatic carbocycles. The Morgan fingerprint density at radius 3 is 1.71 bits per heavy atom. The number of hydrogen-bond donors (Lipinski definition) is 0. The number of benzene rings is 2. The van der Waals surface area contributed by atoms with Crippen molar-refractivity contribution in [3.63, 3.8) is 0 Å². The van der Waals surface area contributed by atoms with Crippen molar-refractivity contribution in [3.8, 4) is 0 Å². The second-order valence-corrected chi connectivity index (χ2v) is 10.2. The maximum absolute atomic E-state index is 2.36. The average molecular weight is 428 g/mol. The van der Waals surface area contributed by atoms with Crippen molar-refractivity contribution >= 4 is 24.2 Å². The van der Waals surface area contributed by atoms with Crippen LogP contribution in [0.4, 0.5) is 0 Å². The number of allylic oxidation sites excluding steroid dienone is 4. The van der Waals surface area contributed by atoms with Crippen molar-refractivity contribution in [1.82, 2.24) is 0 Å². The summed E-state index contributed by atoms with van der Waals surface area (Å²) in [7, 11) is 0. The van der Waals surface area contributed by atoms with Crippen molar-refractivity contribution in [2.45, 2.75) is 38.5 Å². The molecule has 0 nitrogen and oxygen atoms in total. The second kappa shape index (κ2) is 6.79. The molecule has 1 heterocycles. The summed E-state index contributed by atoms with van der Waals surface area (Å²) in [6, 6.07) is 21.8. The van der Waals surface area contributed by atoms with E-state index in [0.717, 1.165) is 0 Å². The molecule has 0 unspecified atom stereocenters. The molecule has 0 bridgehead atoms. The van der Waals surface area contributed by atoms with Gasteiger partial charge in [-0.05, 0) is 18.2 Å². The molecule has 0 atom stereocenters. The molecule has 2 aromatic rings. The predicted octanol–water partition coefficient (Wildman–Crippen LogP) is 6.54. The summed E-state index contributed by atoms with van der Waals surface area (Å²) in [6.45, 7) is 9.45. The van der Waals surface area contributed by atoms with Gasteiger partial charge in [-0.25, -0.2) is 0 Å². The fourth-order valence-electron chi connectivity index (χ4n) is 3.03. The summed E-state index contributed by atoms with van der Waals surface area (Å²) in [4.78, 5) is 0. The van der Waals surface area contributed by atoms with Crippen LogP contribution in [0.3, 0.4) is 0 Å². The quantitative estimate of drug-likeness (QED) is 0.485. The van der Waals surface area contributed by atoms with Gasteiger partial charge >= 0.3 is 0 Å².